The summed E-state index contributed by atoms with van der Waals surface area (Å²) < 4.78 is 10.8. The van der Waals surface area contributed by atoms with E-state index >= 15 is 0 Å². The second-order valence-corrected chi connectivity index (χ2v) is 7.67. The highest BCUT2D eigenvalue weighted by atomic mass is 16.6. The molecule has 0 saturated heterocycles. The standard InChI is InChI=1S/C24H23NO5/c1-14-10-11-21-18(12-14)20(26)13-22(30-21)24(28)29-15(2)23(27)25-19-9-5-7-16-6-3-4-8-17(16)19/h3-4,6,8,10-13,15,19H,5,7,9H2,1-2H3,(H,25,27)/t15-,19+/m0/s1. The first-order chi connectivity index (χ1) is 14.4. The van der Waals surface area contributed by atoms with Crippen molar-refractivity contribution >= 4 is 22.8 Å². The summed E-state index contributed by atoms with van der Waals surface area (Å²) in [6.07, 6.45) is 1.79. The van der Waals surface area contributed by atoms with Gasteiger partial charge in [-0.2, -0.15) is 0 Å². The molecule has 0 spiro atoms. The molecule has 3 aromatic rings. The van der Waals surface area contributed by atoms with E-state index < -0.39 is 12.1 Å². The number of aryl methyl sites for hydroxylation is 2. The Balaban J connectivity index is 1.46. The minimum absolute atomic E-state index is 0.106. The lowest BCUT2D eigenvalue weighted by molar-refractivity contribution is -0.130. The van der Waals surface area contributed by atoms with Crippen molar-refractivity contribution in [2.24, 2.45) is 0 Å². The van der Waals surface area contributed by atoms with Crippen molar-refractivity contribution in [3.05, 3.63) is 81.2 Å². The van der Waals surface area contributed by atoms with Crippen LogP contribution >= 0.6 is 0 Å². The first-order valence-corrected chi connectivity index (χ1v) is 10.1. The number of nitrogens with one attached hydrogen (secondary N) is 1. The molecule has 6 heteroatoms. The number of rotatable bonds is 4. The predicted molar refractivity (Wildman–Crippen MR) is 112 cm³/mol. The molecule has 2 atom stereocenters. The number of hydrogen-bond donors (Lipinski definition) is 1. The van der Waals surface area contributed by atoms with Gasteiger partial charge in [-0.15, -0.1) is 0 Å². The average molecular weight is 405 g/mol. The van der Waals surface area contributed by atoms with Crippen molar-refractivity contribution in [3.8, 4) is 0 Å². The van der Waals surface area contributed by atoms with Gasteiger partial charge in [-0.1, -0.05) is 35.9 Å². The van der Waals surface area contributed by atoms with Crippen LogP contribution < -0.4 is 10.7 Å². The van der Waals surface area contributed by atoms with Crippen LogP contribution in [0, 0.1) is 6.92 Å². The fourth-order valence-electron chi connectivity index (χ4n) is 3.84. The van der Waals surface area contributed by atoms with E-state index in [0.29, 0.717) is 11.0 Å². The Bertz CT molecular complexity index is 1180. The molecular formula is C24H23NO5. The lowest BCUT2D eigenvalue weighted by Gasteiger charge is -2.27. The second kappa shape index (κ2) is 8.14. The van der Waals surface area contributed by atoms with Crippen molar-refractivity contribution in [1.82, 2.24) is 5.32 Å². The average Bonchev–Trinajstić information content (AvgIpc) is 2.74. The van der Waals surface area contributed by atoms with Crippen molar-refractivity contribution in [2.45, 2.75) is 45.3 Å². The number of fused-ring (bicyclic) bond motifs is 2. The van der Waals surface area contributed by atoms with Crippen molar-refractivity contribution in [2.75, 3.05) is 0 Å². The lowest BCUT2D eigenvalue weighted by Crippen LogP contribution is -2.39. The van der Waals surface area contributed by atoms with E-state index in [-0.39, 0.29) is 23.1 Å². The fraction of sp³-hybridized carbons (Fsp3) is 0.292. The smallest absolute Gasteiger partial charge is 0.375 e. The number of amides is 1. The van der Waals surface area contributed by atoms with Gasteiger partial charge in [0.1, 0.15) is 5.58 Å². The van der Waals surface area contributed by atoms with E-state index in [9.17, 15) is 14.4 Å². The zero-order valence-corrected chi connectivity index (χ0v) is 16.9. The van der Waals surface area contributed by atoms with Gasteiger partial charge in [-0.25, -0.2) is 4.79 Å². The summed E-state index contributed by atoms with van der Waals surface area (Å²) in [5.74, 6) is -1.45. The minimum Gasteiger partial charge on any atom is -0.449 e. The van der Waals surface area contributed by atoms with Gasteiger partial charge < -0.3 is 14.5 Å². The Labute approximate surface area is 173 Å². The fourth-order valence-corrected chi connectivity index (χ4v) is 3.84. The van der Waals surface area contributed by atoms with Gasteiger partial charge >= 0.3 is 5.97 Å². The number of esters is 1. The van der Waals surface area contributed by atoms with Crippen LogP contribution in [-0.2, 0) is 16.0 Å². The van der Waals surface area contributed by atoms with Crippen LogP contribution in [0.3, 0.4) is 0 Å². The number of benzene rings is 2. The normalized spacial score (nSPS) is 16.5. The van der Waals surface area contributed by atoms with Gasteiger partial charge in [-0.3, -0.25) is 9.59 Å². The molecule has 0 fully saturated rings. The molecule has 154 valence electrons. The van der Waals surface area contributed by atoms with Gasteiger partial charge in [0.25, 0.3) is 5.91 Å². The van der Waals surface area contributed by atoms with Crippen LogP contribution in [0.25, 0.3) is 11.0 Å². The van der Waals surface area contributed by atoms with Gasteiger partial charge in [-0.05, 0) is 56.4 Å². The number of carbonyl (C=O) groups excluding carboxylic acids is 2. The highest BCUT2D eigenvalue weighted by Gasteiger charge is 2.26. The molecule has 0 bridgehead atoms. The van der Waals surface area contributed by atoms with Gasteiger partial charge in [0, 0.05) is 6.07 Å². The van der Waals surface area contributed by atoms with E-state index in [1.807, 2.05) is 25.1 Å². The summed E-state index contributed by atoms with van der Waals surface area (Å²) in [5.41, 5.74) is 3.22. The summed E-state index contributed by atoms with van der Waals surface area (Å²) >= 11 is 0. The first kappa shape index (κ1) is 19.9. The zero-order valence-electron chi connectivity index (χ0n) is 16.9. The van der Waals surface area contributed by atoms with Crippen LogP contribution in [-0.4, -0.2) is 18.0 Å². The Kier molecular flexibility index (Phi) is 5.40. The highest BCUT2D eigenvalue weighted by Crippen LogP contribution is 2.29. The molecular weight excluding hydrogens is 382 g/mol. The Hall–Kier alpha value is -3.41. The molecule has 30 heavy (non-hydrogen) atoms. The maximum atomic E-state index is 12.6. The molecule has 2 aromatic carbocycles. The van der Waals surface area contributed by atoms with E-state index in [1.54, 1.807) is 18.2 Å². The summed E-state index contributed by atoms with van der Waals surface area (Å²) in [6, 6.07) is 14.2. The Morgan fingerprint density at radius 2 is 1.97 bits per heavy atom. The van der Waals surface area contributed by atoms with Gasteiger partial charge in [0.2, 0.25) is 5.76 Å². The van der Waals surface area contributed by atoms with Gasteiger partial charge in [0.15, 0.2) is 11.5 Å². The topological polar surface area (TPSA) is 85.6 Å². The molecule has 4 rings (SSSR count). The third kappa shape index (κ3) is 3.99. The molecule has 1 heterocycles. The van der Waals surface area contributed by atoms with E-state index in [0.717, 1.165) is 36.5 Å². The Morgan fingerprint density at radius 3 is 2.80 bits per heavy atom. The molecule has 1 aliphatic carbocycles. The molecule has 0 saturated carbocycles. The van der Waals surface area contributed by atoms with Crippen LogP contribution in [0.2, 0.25) is 0 Å². The second-order valence-electron chi connectivity index (χ2n) is 7.67. The van der Waals surface area contributed by atoms with E-state index in [2.05, 4.69) is 11.4 Å². The first-order valence-electron chi connectivity index (χ1n) is 10.1. The van der Waals surface area contributed by atoms with Crippen LogP contribution in [0.1, 0.15) is 53.1 Å². The molecule has 1 aromatic heterocycles. The SMILES string of the molecule is Cc1ccc2oc(C(=O)O[C@@H](C)C(=O)N[C@@H]3CCCc4ccccc43)cc(=O)c2c1. The predicted octanol–water partition coefficient (Wildman–Crippen LogP) is 3.84. The molecule has 1 N–H and O–H groups in total. The van der Waals surface area contributed by atoms with E-state index in [1.165, 1.54) is 12.5 Å². The molecule has 6 nitrogen and oxygen atoms in total. The van der Waals surface area contributed by atoms with Crippen LogP contribution in [0.15, 0.2) is 57.7 Å². The lowest BCUT2D eigenvalue weighted by atomic mass is 9.87. The molecule has 1 amide bonds. The van der Waals surface area contributed by atoms with Crippen molar-refractivity contribution < 1.29 is 18.7 Å². The summed E-state index contributed by atoms with van der Waals surface area (Å²) in [4.78, 5) is 37.4. The van der Waals surface area contributed by atoms with Crippen molar-refractivity contribution in [3.63, 3.8) is 0 Å². The van der Waals surface area contributed by atoms with Crippen LogP contribution in [0.4, 0.5) is 0 Å². The highest BCUT2D eigenvalue weighted by molar-refractivity contribution is 5.91. The monoisotopic (exact) mass is 405 g/mol. The molecule has 1 aliphatic rings. The van der Waals surface area contributed by atoms with Crippen LogP contribution in [0.5, 0.6) is 0 Å². The summed E-state index contributed by atoms with van der Waals surface area (Å²) in [6.45, 7) is 3.37. The number of carbonyl (C=O) groups is 2. The zero-order chi connectivity index (χ0) is 21.3. The molecule has 0 unspecified atom stereocenters. The maximum absolute atomic E-state index is 12.6. The third-order valence-corrected chi connectivity index (χ3v) is 5.42. The quantitative estimate of drug-likeness (QED) is 0.667. The Morgan fingerprint density at radius 1 is 1.17 bits per heavy atom. The number of ether oxygens (including phenoxy) is 1. The summed E-state index contributed by atoms with van der Waals surface area (Å²) in [7, 11) is 0. The van der Waals surface area contributed by atoms with Gasteiger partial charge in [0.05, 0.1) is 11.4 Å². The molecule has 0 aliphatic heterocycles. The largest absolute Gasteiger partial charge is 0.449 e. The maximum Gasteiger partial charge on any atom is 0.375 e. The van der Waals surface area contributed by atoms with Crippen molar-refractivity contribution in [1.29, 1.82) is 0 Å². The summed E-state index contributed by atoms with van der Waals surface area (Å²) in [5, 5.41) is 3.37. The van der Waals surface area contributed by atoms with E-state index in [4.69, 9.17) is 9.15 Å². The minimum atomic E-state index is -1.02. The molecule has 0 radical (unpaired) electrons. The third-order valence-electron chi connectivity index (χ3n) is 5.42. The number of hydrogen-bond acceptors (Lipinski definition) is 5.